The molecule has 1 unspecified atom stereocenters. The maximum Gasteiger partial charge on any atom is 0.408 e. The number of hydrogen-bond donors (Lipinski definition) is 0. The zero-order chi connectivity index (χ0) is 19.8. The Morgan fingerprint density at radius 2 is 1.89 bits per heavy atom. The molecule has 8 heteroatoms. The van der Waals surface area contributed by atoms with E-state index in [1.54, 1.807) is 18.3 Å². The highest BCUT2D eigenvalue weighted by Crippen LogP contribution is 2.39. The maximum absolute atomic E-state index is 13.3. The van der Waals surface area contributed by atoms with Gasteiger partial charge in [0, 0.05) is 25.8 Å². The Morgan fingerprint density at radius 3 is 2.48 bits per heavy atom. The molecule has 1 fully saturated rings. The van der Waals surface area contributed by atoms with Crippen LogP contribution >= 0.6 is 0 Å². The van der Waals surface area contributed by atoms with Gasteiger partial charge in [0.25, 0.3) is 5.91 Å². The van der Waals surface area contributed by atoms with E-state index in [-0.39, 0.29) is 18.5 Å². The predicted octanol–water partition coefficient (Wildman–Crippen LogP) is 3.43. The van der Waals surface area contributed by atoms with Crippen molar-refractivity contribution in [3.8, 4) is 11.5 Å². The van der Waals surface area contributed by atoms with Crippen molar-refractivity contribution in [1.29, 1.82) is 0 Å². The molecule has 1 saturated heterocycles. The fraction of sp³-hybridized carbons (Fsp3) is 0.526. The van der Waals surface area contributed by atoms with Gasteiger partial charge in [-0.1, -0.05) is 0 Å². The summed E-state index contributed by atoms with van der Waals surface area (Å²) in [5, 5.41) is 0. The SMILES string of the molecule is CCN1C=C(C(=O)N2CCCC2C(F)(F)F)c2cc(OC)c(OC)cc2C1. The molecule has 27 heavy (non-hydrogen) atoms. The van der Waals surface area contributed by atoms with Crippen LogP contribution in [0.4, 0.5) is 13.2 Å². The number of carbonyl (C=O) groups is 1. The summed E-state index contributed by atoms with van der Waals surface area (Å²) in [6.45, 7) is 3.22. The number of benzene rings is 1. The smallest absolute Gasteiger partial charge is 0.408 e. The molecule has 1 atom stereocenters. The topological polar surface area (TPSA) is 42.0 Å². The van der Waals surface area contributed by atoms with Crippen LogP contribution in [0, 0.1) is 0 Å². The van der Waals surface area contributed by atoms with Crippen LogP contribution < -0.4 is 9.47 Å². The van der Waals surface area contributed by atoms with E-state index in [2.05, 4.69) is 0 Å². The number of hydrogen-bond acceptors (Lipinski definition) is 4. The van der Waals surface area contributed by atoms with E-state index in [0.717, 1.165) is 10.5 Å². The normalized spacial score (nSPS) is 19.6. The summed E-state index contributed by atoms with van der Waals surface area (Å²) in [6, 6.07) is 1.72. The molecule has 2 aliphatic heterocycles. The van der Waals surface area contributed by atoms with Crippen molar-refractivity contribution in [3.63, 3.8) is 0 Å². The molecule has 1 aromatic carbocycles. The summed E-state index contributed by atoms with van der Waals surface area (Å²) in [6.07, 6.45) is -2.48. The van der Waals surface area contributed by atoms with E-state index in [1.165, 1.54) is 14.2 Å². The molecule has 0 saturated carbocycles. The second-order valence-corrected chi connectivity index (χ2v) is 6.67. The van der Waals surface area contributed by atoms with Gasteiger partial charge in [-0.3, -0.25) is 4.79 Å². The van der Waals surface area contributed by atoms with E-state index in [1.807, 2.05) is 11.8 Å². The van der Waals surface area contributed by atoms with Crippen LogP contribution in [-0.2, 0) is 11.3 Å². The Labute approximate surface area is 156 Å². The summed E-state index contributed by atoms with van der Waals surface area (Å²) in [5.41, 5.74) is 1.67. The van der Waals surface area contributed by atoms with Gasteiger partial charge in [-0.2, -0.15) is 13.2 Å². The molecule has 0 bridgehead atoms. The van der Waals surface area contributed by atoms with Crippen LogP contribution in [-0.4, -0.2) is 55.2 Å². The molecular formula is C19H23F3N2O3. The zero-order valence-corrected chi connectivity index (χ0v) is 15.6. The van der Waals surface area contributed by atoms with E-state index in [4.69, 9.17) is 9.47 Å². The molecule has 3 rings (SSSR count). The number of rotatable bonds is 4. The second-order valence-electron chi connectivity index (χ2n) is 6.67. The van der Waals surface area contributed by atoms with Crippen LogP contribution in [0.25, 0.3) is 5.57 Å². The van der Waals surface area contributed by atoms with Crippen LogP contribution in [0.2, 0.25) is 0 Å². The number of alkyl halides is 3. The van der Waals surface area contributed by atoms with Gasteiger partial charge in [-0.15, -0.1) is 0 Å². The summed E-state index contributed by atoms with van der Waals surface area (Å²) >= 11 is 0. The van der Waals surface area contributed by atoms with Crippen LogP contribution in [0.1, 0.15) is 30.9 Å². The average Bonchev–Trinajstić information content (AvgIpc) is 3.15. The first-order chi connectivity index (χ1) is 12.8. The fourth-order valence-electron chi connectivity index (χ4n) is 3.70. The standard InChI is InChI=1S/C19H23F3N2O3/c1-4-23-10-12-8-15(26-2)16(27-3)9-13(12)14(11-23)18(25)24-7-5-6-17(24)19(20,21)22/h8-9,11,17H,4-7,10H2,1-3H3. The second kappa shape index (κ2) is 7.32. The highest BCUT2D eigenvalue weighted by Gasteiger charge is 2.48. The van der Waals surface area contributed by atoms with Crippen LogP contribution in [0.3, 0.4) is 0 Å². The lowest BCUT2D eigenvalue weighted by Gasteiger charge is -2.32. The summed E-state index contributed by atoms with van der Waals surface area (Å²) < 4.78 is 50.6. The van der Waals surface area contributed by atoms with Crippen LogP contribution in [0.5, 0.6) is 11.5 Å². The van der Waals surface area contributed by atoms with E-state index >= 15 is 0 Å². The number of likely N-dealkylation sites (tertiary alicyclic amines) is 1. The third-order valence-corrected chi connectivity index (χ3v) is 5.11. The van der Waals surface area contributed by atoms with E-state index < -0.39 is 18.1 Å². The van der Waals surface area contributed by atoms with Gasteiger partial charge >= 0.3 is 6.18 Å². The van der Waals surface area contributed by atoms with Crippen molar-refractivity contribution < 1.29 is 27.4 Å². The van der Waals surface area contributed by atoms with Crippen LogP contribution in [0.15, 0.2) is 18.3 Å². The predicted molar refractivity (Wildman–Crippen MR) is 94.4 cm³/mol. The van der Waals surface area contributed by atoms with Gasteiger partial charge < -0.3 is 19.3 Å². The first-order valence-electron chi connectivity index (χ1n) is 8.89. The number of methoxy groups -OCH3 is 2. The number of nitrogens with zero attached hydrogens (tertiary/aromatic N) is 2. The van der Waals surface area contributed by atoms with Crippen molar-refractivity contribution >= 4 is 11.5 Å². The van der Waals surface area contributed by atoms with Crippen molar-refractivity contribution in [1.82, 2.24) is 9.80 Å². The molecule has 0 radical (unpaired) electrons. The summed E-state index contributed by atoms with van der Waals surface area (Å²) in [4.78, 5) is 15.9. The first kappa shape index (κ1) is 19.4. The lowest BCUT2D eigenvalue weighted by molar-refractivity contribution is -0.180. The van der Waals surface area contributed by atoms with Crippen molar-refractivity contribution in [2.24, 2.45) is 0 Å². The number of amides is 1. The Balaban J connectivity index is 2.04. The Morgan fingerprint density at radius 1 is 1.22 bits per heavy atom. The van der Waals surface area contributed by atoms with Gasteiger partial charge in [0.2, 0.25) is 0 Å². The summed E-state index contributed by atoms with van der Waals surface area (Å²) in [5.74, 6) is 0.366. The lowest BCUT2D eigenvalue weighted by Crippen LogP contribution is -2.45. The first-order valence-corrected chi connectivity index (χ1v) is 8.89. The minimum absolute atomic E-state index is 0.0567. The quantitative estimate of drug-likeness (QED) is 0.798. The highest BCUT2D eigenvalue weighted by molar-refractivity contribution is 6.20. The van der Waals surface area contributed by atoms with E-state index in [0.29, 0.717) is 36.6 Å². The van der Waals surface area contributed by atoms with Gasteiger partial charge in [0.1, 0.15) is 6.04 Å². The molecule has 0 N–H and O–H groups in total. The molecule has 5 nitrogen and oxygen atoms in total. The molecule has 2 heterocycles. The average molecular weight is 384 g/mol. The Bertz CT molecular complexity index is 761. The molecular weight excluding hydrogens is 361 g/mol. The third kappa shape index (κ3) is 3.57. The summed E-state index contributed by atoms with van der Waals surface area (Å²) in [7, 11) is 3.00. The largest absolute Gasteiger partial charge is 0.493 e. The lowest BCUT2D eigenvalue weighted by atomic mass is 9.94. The molecule has 148 valence electrons. The van der Waals surface area contributed by atoms with Gasteiger partial charge in [-0.05, 0) is 43.0 Å². The number of fused-ring (bicyclic) bond motifs is 1. The number of carbonyl (C=O) groups excluding carboxylic acids is 1. The van der Waals surface area contributed by atoms with Crippen molar-refractivity contribution in [2.45, 2.75) is 38.5 Å². The highest BCUT2D eigenvalue weighted by atomic mass is 19.4. The molecule has 2 aliphatic rings. The molecule has 0 aromatic heterocycles. The molecule has 0 spiro atoms. The Kier molecular flexibility index (Phi) is 5.26. The zero-order valence-electron chi connectivity index (χ0n) is 15.6. The maximum atomic E-state index is 13.3. The van der Waals surface area contributed by atoms with E-state index in [9.17, 15) is 18.0 Å². The van der Waals surface area contributed by atoms with Crippen molar-refractivity contribution in [2.75, 3.05) is 27.3 Å². The van der Waals surface area contributed by atoms with Crippen molar-refractivity contribution in [3.05, 3.63) is 29.5 Å². The molecule has 0 aliphatic carbocycles. The van der Waals surface area contributed by atoms with Gasteiger partial charge in [-0.25, -0.2) is 0 Å². The monoisotopic (exact) mass is 384 g/mol. The minimum atomic E-state index is -4.42. The Hall–Kier alpha value is -2.38. The third-order valence-electron chi connectivity index (χ3n) is 5.11. The molecule has 1 aromatic rings. The number of halogens is 3. The molecule has 1 amide bonds. The minimum Gasteiger partial charge on any atom is -0.493 e. The number of ether oxygens (including phenoxy) is 2. The van der Waals surface area contributed by atoms with Gasteiger partial charge in [0.15, 0.2) is 11.5 Å². The fourth-order valence-corrected chi connectivity index (χ4v) is 3.70. The van der Waals surface area contributed by atoms with Gasteiger partial charge in [0.05, 0.1) is 19.8 Å².